The molecule has 1 saturated heterocycles. The first-order valence-electron chi connectivity index (χ1n) is 12.1. The number of fused-ring (bicyclic) bond motifs is 3. The summed E-state index contributed by atoms with van der Waals surface area (Å²) in [5.74, 6) is -2.87. The smallest absolute Gasteiger partial charge is 0.358 e. The van der Waals surface area contributed by atoms with E-state index in [1.54, 1.807) is 41.9 Å². The minimum absolute atomic E-state index is 0.0747. The molecule has 3 aromatic rings. The number of ether oxygens (including phenoxy) is 2. The highest BCUT2D eigenvalue weighted by atomic mass is 32.1. The lowest BCUT2D eigenvalue weighted by atomic mass is 9.77. The van der Waals surface area contributed by atoms with Crippen LogP contribution < -0.4 is 5.32 Å². The topological polar surface area (TPSA) is 140 Å². The van der Waals surface area contributed by atoms with Gasteiger partial charge in [0.05, 0.1) is 40.7 Å². The Morgan fingerprint density at radius 2 is 2.05 bits per heavy atom. The number of aromatic nitrogens is 2. The quantitative estimate of drug-likeness (QED) is 0.360. The Bertz CT molecular complexity index is 1550. The number of thiazole rings is 1. The maximum Gasteiger partial charge on any atom is 0.358 e. The first kappa shape index (κ1) is 24.3. The van der Waals surface area contributed by atoms with Gasteiger partial charge in [0.15, 0.2) is 0 Å². The van der Waals surface area contributed by atoms with E-state index in [9.17, 15) is 24.3 Å². The Kier molecular flexibility index (Phi) is 5.61. The highest BCUT2D eigenvalue weighted by Gasteiger charge is 2.60. The molecule has 2 N–H and O–H groups in total. The Morgan fingerprint density at radius 3 is 2.79 bits per heavy atom. The molecule has 5 heterocycles. The number of nitrogens with zero attached hydrogens (tertiary/aromatic N) is 3. The predicted molar refractivity (Wildman–Crippen MR) is 133 cm³/mol. The van der Waals surface area contributed by atoms with Crippen LogP contribution in [0.1, 0.15) is 53.6 Å². The third-order valence-electron chi connectivity index (χ3n) is 7.28. The third kappa shape index (κ3) is 3.55. The van der Waals surface area contributed by atoms with Gasteiger partial charge in [0.1, 0.15) is 16.9 Å². The van der Waals surface area contributed by atoms with Crippen molar-refractivity contribution in [2.45, 2.75) is 45.8 Å². The van der Waals surface area contributed by atoms with Crippen molar-refractivity contribution in [3.05, 3.63) is 64.2 Å². The van der Waals surface area contributed by atoms with Gasteiger partial charge in [-0.15, -0.1) is 11.3 Å². The molecule has 0 aliphatic carbocycles. The summed E-state index contributed by atoms with van der Waals surface area (Å²) in [5.41, 5.74) is 2.10. The fourth-order valence-electron chi connectivity index (χ4n) is 5.54. The lowest BCUT2D eigenvalue weighted by molar-refractivity contribution is -0.173. The number of carbonyl (C=O) groups is 4. The van der Waals surface area contributed by atoms with Crippen molar-refractivity contribution in [2.24, 2.45) is 11.8 Å². The molecule has 3 aliphatic rings. The number of aliphatic hydroxyl groups is 1. The van der Waals surface area contributed by atoms with E-state index in [1.165, 1.54) is 23.2 Å². The van der Waals surface area contributed by atoms with Crippen LogP contribution in [0.3, 0.4) is 0 Å². The van der Waals surface area contributed by atoms with Gasteiger partial charge in [-0.3, -0.25) is 14.0 Å². The van der Waals surface area contributed by atoms with Crippen LogP contribution >= 0.6 is 11.3 Å². The van der Waals surface area contributed by atoms with Gasteiger partial charge in [-0.25, -0.2) is 14.6 Å². The molecule has 196 valence electrons. The molecule has 6 rings (SSSR count). The molecule has 0 saturated carbocycles. The Labute approximate surface area is 220 Å². The predicted octanol–water partition coefficient (Wildman–Crippen LogP) is 2.01. The number of hydrogen-bond donors (Lipinski definition) is 2. The number of carbonyl (C=O) groups excluding carboxylic acids is 4. The van der Waals surface area contributed by atoms with Crippen LogP contribution in [0, 0.1) is 11.8 Å². The molecule has 0 spiro atoms. The maximum absolute atomic E-state index is 13.7. The summed E-state index contributed by atoms with van der Waals surface area (Å²) >= 11 is 1.38. The van der Waals surface area contributed by atoms with Crippen molar-refractivity contribution in [3.63, 3.8) is 0 Å². The second kappa shape index (κ2) is 8.77. The highest BCUT2D eigenvalue weighted by molar-refractivity contribution is 7.18. The summed E-state index contributed by atoms with van der Waals surface area (Å²) < 4.78 is 12.8. The van der Waals surface area contributed by atoms with Crippen LogP contribution in [0.2, 0.25) is 0 Å². The van der Waals surface area contributed by atoms with E-state index in [0.29, 0.717) is 22.4 Å². The number of aliphatic hydroxyl groups excluding tert-OH is 1. The summed E-state index contributed by atoms with van der Waals surface area (Å²) in [6.07, 6.45) is 1.32. The number of hydrogen-bond acceptors (Lipinski definition) is 9. The van der Waals surface area contributed by atoms with Crippen molar-refractivity contribution in [1.29, 1.82) is 0 Å². The summed E-state index contributed by atoms with van der Waals surface area (Å²) in [5, 5.41) is 13.0. The highest BCUT2D eigenvalue weighted by Crippen LogP contribution is 2.52. The number of esters is 2. The van der Waals surface area contributed by atoms with Crippen molar-refractivity contribution in [3.8, 4) is 0 Å². The molecule has 38 heavy (non-hydrogen) atoms. The Balaban J connectivity index is 1.40. The van der Waals surface area contributed by atoms with E-state index in [2.05, 4.69) is 10.3 Å². The molecule has 12 heteroatoms. The van der Waals surface area contributed by atoms with Gasteiger partial charge in [-0.05, 0) is 13.0 Å². The van der Waals surface area contributed by atoms with Crippen LogP contribution in [0.4, 0.5) is 0 Å². The van der Waals surface area contributed by atoms with Crippen LogP contribution in [0.15, 0.2) is 42.5 Å². The SMILES string of the molecule is CC(=O)NCc1ncn2cc(C3=C(C(=O)OC4OC(=O)c5ccccc54)N4C(=O)[C@H]([C@@H](C)O)[C@@H]4C3C)sc12. The summed E-state index contributed by atoms with van der Waals surface area (Å²) in [6.45, 7) is 5.15. The number of cyclic esters (lactones) is 1. The van der Waals surface area contributed by atoms with E-state index < -0.39 is 36.3 Å². The standard InChI is InChI=1S/C26H24N4O7S/c1-11-18(17-9-29-10-28-16(23(29)38-17)8-27-13(3)32)21(30-20(11)19(12(2)31)22(30)33)25(35)37-26-15-7-5-4-6-14(15)24(34)36-26/h4-7,9-12,19-20,26,31H,8H2,1-3H3,(H,27,32)/t11?,12-,19-,20+,26?/m1/s1. The molecule has 1 fully saturated rings. The molecule has 2 aromatic heterocycles. The zero-order chi connectivity index (χ0) is 26.9. The van der Waals surface area contributed by atoms with Crippen molar-refractivity contribution >= 4 is 45.5 Å². The number of amides is 2. The van der Waals surface area contributed by atoms with Gasteiger partial charge in [-0.2, -0.15) is 0 Å². The lowest BCUT2D eigenvalue weighted by Gasteiger charge is -2.46. The van der Waals surface area contributed by atoms with Gasteiger partial charge in [0, 0.05) is 30.2 Å². The molecular weight excluding hydrogens is 512 g/mol. The first-order valence-corrected chi connectivity index (χ1v) is 13.0. The molecule has 0 radical (unpaired) electrons. The molecule has 3 aliphatic heterocycles. The monoisotopic (exact) mass is 536 g/mol. The number of benzene rings is 1. The Hall–Kier alpha value is -4.03. The molecule has 5 atom stereocenters. The van der Waals surface area contributed by atoms with Gasteiger partial charge >= 0.3 is 11.9 Å². The summed E-state index contributed by atoms with van der Waals surface area (Å²) in [7, 11) is 0. The number of rotatable bonds is 6. The number of imidazole rings is 1. The molecule has 11 nitrogen and oxygen atoms in total. The minimum atomic E-state index is -1.23. The zero-order valence-corrected chi connectivity index (χ0v) is 21.5. The molecule has 2 amide bonds. The fraction of sp³-hybridized carbons (Fsp3) is 0.346. The second-order valence-electron chi connectivity index (χ2n) is 9.65. The summed E-state index contributed by atoms with van der Waals surface area (Å²) in [4.78, 5) is 57.7. The molecule has 1 aromatic carbocycles. The molecule has 0 bridgehead atoms. The van der Waals surface area contributed by atoms with Gasteiger partial charge in [0.25, 0.3) is 6.29 Å². The second-order valence-corrected chi connectivity index (χ2v) is 10.7. The third-order valence-corrected chi connectivity index (χ3v) is 8.47. The largest absolute Gasteiger partial charge is 0.417 e. The maximum atomic E-state index is 13.7. The van der Waals surface area contributed by atoms with Crippen LogP contribution in [-0.4, -0.2) is 55.3 Å². The van der Waals surface area contributed by atoms with Crippen LogP contribution in [0.5, 0.6) is 0 Å². The number of β-lactam (4-membered cyclic amide) rings is 1. The van der Waals surface area contributed by atoms with Crippen LogP contribution in [0.25, 0.3) is 10.4 Å². The normalized spacial score (nSPS) is 24.7. The molecular formula is C26H24N4O7S. The van der Waals surface area contributed by atoms with Crippen LogP contribution in [-0.2, 0) is 30.4 Å². The first-order chi connectivity index (χ1) is 18.2. The fourth-order valence-corrected chi connectivity index (χ4v) is 6.75. The van der Waals surface area contributed by atoms with E-state index in [0.717, 1.165) is 9.71 Å². The average molecular weight is 537 g/mol. The van der Waals surface area contributed by atoms with Crippen molar-refractivity contribution < 1.29 is 33.8 Å². The molecule has 2 unspecified atom stereocenters. The lowest BCUT2D eigenvalue weighted by Crippen LogP contribution is -2.63. The summed E-state index contributed by atoms with van der Waals surface area (Å²) in [6, 6.07) is 6.23. The van der Waals surface area contributed by atoms with Gasteiger partial charge in [-0.1, -0.05) is 25.1 Å². The van der Waals surface area contributed by atoms with E-state index in [1.807, 2.05) is 13.1 Å². The van der Waals surface area contributed by atoms with Gasteiger partial charge in [0.2, 0.25) is 11.8 Å². The minimum Gasteiger partial charge on any atom is -0.417 e. The van der Waals surface area contributed by atoms with E-state index in [-0.39, 0.29) is 30.0 Å². The number of nitrogens with one attached hydrogen (secondary N) is 1. The average Bonchev–Trinajstić information content (AvgIpc) is 3.58. The van der Waals surface area contributed by atoms with Crippen molar-refractivity contribution in [2.75, 3.05) is 0 Å². The van der Waals surface area contributed by atoms with Gasteiger partial charge < -0.3 is 24.8 Å². The zero-order valence-electron chi connectivity index (χ0n) is 20.7. The Morgan fingerprint density at radius 1 is 1.29 bits per heavy atom. The van der Waals surface area contributed by atoms with Crippen molar-refractivity contribution in [1.82, 2.24) is 19.6 Å². The van der Waals surface area contributed by atoms with E-state index >= 15 is 0 Å². The van der Waals surface area contributed by atoms with E-state index in [4.69, 9.17) is 9.47 Å².